The Kier molecular flexibility index (Phi) is 26.0. The predicted molar refractivity (Wildman–Crippen MR) is 138 cm³/mol. The fourth-order valence-electron chi connectivity index (χ4n) is 2.34. The van der Waals surface area contributed by atoms with E-state index in [-0.39, 0.29) is 12.4 Å². The molecule has 0 amide bonds. The van der Waals surface area contributed by atoms with Crippen LogP contribution >= 0.6 is 11.8 Å². The molecule has 13 heteroatoms. The third-order valence-electron chi connectivity index (χ3n) is 3.87. The summed E-state index contributed by atoms with van der Waals surface area (Å²) >= 11 is 1.78. The summed E-state index contributed by atoms with van der Waals surface area (Å²) < 4.78 is 43.0. The zero-order chi connectivity index (χ0) is 26.6. The van der Waals surface area contributed by atoms with Gasteiger partial charge in [0, 0.05) is 23.0 Å². The van der Waals surface area contributed by atoms with E-state index in [4.69, 9.17) is 43.4 Å². The van der Waals surface area contributed by atoms with Crippen molar-refractivity contribution in [3.63, 3.8) is 0 Å². The number of rotatable bonds is 27. The molecule has 0 radical (unpaired) electrons. The molecule has 0 saturated heterocycles. The number of nitrogens with zero attached hydrogens (tertiary/aromatic N) is 3. The Labute approximate surface area is 219 Å². The summed E-state index contributed by atoms with van der Waals surface area (Å²) in [6.07, 6.45) is 0.239. The first-order valence-corrected chi connectivity index (χ1v) is 13.5. The van der Waals surface area contributed by atoms with Crippen LogP contribution in [0, 0.1) is 0 Å². The molecule has 0 aromatic heterocycles. The molecule has 212 valence electrons. The molecular weight excluding hydrogens is 494 g/mol. The van der Waals surface area contributed by atoms with Crippen LogP contribution in [0.15, 0.2) is 5.11 Å². The van der Waals surface area contributed by atoms with E-state index in [1.807, 2.05) is 20.8 Å². The second kappa shape index (κ2) is 26.9. The molecule has 0 aliphatic rings. The Hall–Kier alpha value is -1.15. The summed E-state index contributed by atoms with van der Waals surface area (Å²) in [5, 5.41) is 3.37. The highest BCUT2D eigenvalue weighted by Gasteiger charge is 2.15. The van der Waals surface area contributed by atoms with E-state index in [2.05, 4.69) is 10.0 Å². The first kappa shape index (κ1) is 34.9. The average molecular weight is 540 g/mol. The van der Waals surface area contributed by atoms with Crippen molar-refractivity contribution in [3.8, 4) is 0 Å². The molecular formula is C23H45N3O9S. The Morgan fingerprint density at radius 3 is 1.47 bits per heavy atom. The number of thioether (sulfide) groups is 1. The van der Waals surface area contributed by atoms with Gasteiger partial charge in [-0.2, -0.15) is 11.8 Å². The summed E-state index contributed by atoms with van der Waals surface area (Å²) in [6, 6.07) is 0. The highest BCUT2D eigenvalue weighted by Crippen LogP contribution is 2.08. The van der Waals surface area contributed by atoms with Gasteiger partial charge in [-0.1, -0.05) is 5.11 Å². The van der Waals surface area contributed by atoms with Crippen molar-refractivity contribution in [2.45, 2.75) is 32.8 Å². The minimum atomic E-state index is -0.466. The zero-order valence-electron chi connectivity index (χ0n) is 22.2. The lowest BCUT2D eigenvalue weighted by Gasteiger charge is -2.19. The van der Waals surface area contributed by atoms with Gasteiger partial charge in [0.2, 0.25) is 0 Å². The van der Waals surface area contributed by atoms with Crippen molar-refractivity contribution in [2.24, 2.45) is 5.11 Å². The minimum Gasteiger partial charge on any atom is -0.460 e. The molecule has 12 nitrogen and oxygen atoms in total. The number of hydrogen-bond acceptors (Lipinski definition) is 11. The molecule has 36 heavy (non-hydrogen) atoms. The van der Waals surface area contributed by atoms with Gasteiger partial charge in [-0.25, -0.2) is 0 Å². The van der Waals surface area contributed by atoms with Gasteiger partial charge in [0.1, 0.15) is 5.60 Å². The number of carbonyl (C=O) groups excluding carboxylic acids is 1. The Balaban J connectivity index is 3.11. The van der Waals surface area contributed by atoms with Crippen LogP contribution in [0.1, 0.15) is 27.2 Å². The van der Waals surface area contributed by atoms with E-state index < -0.39 is 5.60 Å². The molecule has 0 aromatic carbocycles. The standard InChI is InChI=1S/C23H45N3O9S/c1-23(2,3)35-22(27)4-6-28-8-10-30-12-13-32-15-17-34-19-21-36-20-18-33-16-14-31-11-9-29-7-5-25-26-24/h4-21H2,1-3H3. The second-order valence-corrected chi connectivity index (χ2v) is 9.41. The highest BCUT2D eigenvalue weighted by atomic mass is 32.2. The van der Waals surface area contributed by atoms with Gasteiger partial charge in [0.05, 0.1) is 98.9 Å². The first-order chi connectivity index (χ1) is 17.5. The van der Waals surface area contributed by atoms with Crippen molar-refractivity contribution in [2.75, 3.05) is 111 Å². The lowest BCUT2D eigenvalue weighted by atomic mass is 10.2. The fraction of sp³-hybridized carbons (Fsp3) is 0.957. The van der Waals surface area contributed by atoms with E-state index >= 15 is 0 Å². The summed E-state index contributed by atoms with van der Waals surface area (Å²) in [5.41, 5.74) is 7.65. The lowest BCUT2D eigenvalue weighted by molar-refractivity contribution is -0.156. The van der Waals surface area contributed by atoms with Crippen molar-refractivity contribution in [1.82, 2.24) is 0 Å². The van der Waals surface area contributed by atoms with Crippen molar-refractivity contribution < 1.29 is 42.7 Å². The van der Waals surface area contributed by atoms with Crippen LogP contribution in [0.25, 0.3) is 10.4 Å². The molecule has 0 bridgehead atoms. The van der Waals surface area contributed by atoms with Crippen LogP contribution in [-0.4, -0.2) is 122 Å². The number of esters is 1. The summed E-state index contributed by atoms with van der Waals surface area (Å²) in [5.74, 6) is 1.55. The maximum atomic E-state index is 11.5. The predicted octanol–water partition coefficient (Wildman–Crippen LogP) is 2.88. The van der Waals surface area contributed by atoms with Gasteiger partial charge in [0.25, 0.3) is 0 Å². The van der Waals surface area contributed by atoms with Gasteiger partial charge >= 0.3 is 5.97 Å². The minimum absolute atomic E-state index is 0.239. The lowest BCUT2D eigenvalue weighted by Crippen LogP contribution is -2.24. The second-order valence-electron chi connectivity index (χ2n) is 8.19. The zero-order valence-corrected chi connectivity index (χ0v) is 23.0. The largest absolute Gasteiger partial charge is 0.460 e. The highest BCUT2D eigenvalue weighted by molar-refractivity contribution is 7.99. The fourth-order valence-corrected chi connectivity index (χ4v) is 3.02. The van der Waals surface area contributed by atoms with Gasteiger partial charge in [-0.15, -0.1) is 0 Å². The number of carbonyl (C=O) groups is 1. The van der Waals surface area contributed by atoms with Crippen LogP contribution in [0.3, 0.4) is 0 Å². The first-order valence-electron chi connectivity index (χ1n) is 12.3. The number of hydrogen-bond donors (Lipinski definition) is 0. The smallest absolute Gasteiger partial charge is 0.308 e. The van der Waals surface area contributed by atoms with Crippen LogP contribution in [-0.2, 0) is 42.7 Å². The van der Waals surface area contributed by atoms with Crippen molar-refractivity contribution >= 4 is 17.7 Å². The van der Waals surface area contributed by atoms with Gasteiger partial charge in [0.15, 0.2) is 0 Å². The molecule has 0 aliphatic carbocycles. The number of azide groups is 1. The molecule has 0 heterocycles. The molecule has 0 aromatic rings. The van der Waals surface area contributed by atoms with Gasteiger partial charge in [-0.3, -0.25) is 4.79 Å². The van der Waals surface area contributed by atoms with E-state index in [0.717, 1.165) is 11.5 Å². The van der Waals surface area contributed by atoms with Gasteiger partial charge in [-0.05, 0) is 26.3 Å². The SMILES string of the molecule is CC(C)(C)OC(=O)CCOCCOCCOCCOCCSCCOCCOCCOCCN=[N+]=[N-]. The van der Waals surface area contributed by atoms with Crippen molar-refractivity contribution in [1.29, 1.82) is 0 Å². The Bertz CT molecular complexity index is 547. The van der Waals surface area contributed by atoms with E-state index in [0.29, 0.717) is 99.0 Å². The average Bonchev–Trinajstić information content (AvgIpc) is 2.82. The molecule has 0 atom stereocenters. The van der Waals surface area contributed by atoms with Gasteiger partial charge < -0.3 is 37.9 Å². The molecule has 0 saturated carbocycles. The normalized spacial score (nSPS) is 11.4. The molecule has 0 aliphatic heterocycles. The van der Waals surface area contributed by atoms with Crippen LogP contribution < -0.4 is 0 Å². The Morgan fingerprint density at radius 1 is 0.667 bits per heavy atom. The summed E-state index contributed by atoms with van der Waals surface area (Å²) in [7, 11) is 0. The van der Waals surface area contributed by atoms with Crippen LogP contribution in [0.2, 0.25) is 0 Å². The van der Waals surface area contributed by atoms with E-state index in [9.17, 15) is 4.79 Å². The molecule has 0 N–H and O–H groups in total. The topological polar surface area (TPSA) is 140 Å². The van der Waals surface area contributed by atoms with Crippen LogP contribution in [0.5, 0.6) is 0 Å². The monoisotopic (exact) mass is 539 g/mol. The summed E-state index contributed by atoms with van der Waals surface area (Å²) in [4.78, 5) is 14.2. The summed E-state index contributed by atoms with van der Waals surface area (Å²) in [6.45, 7) is 13.0. The van der Waals surface area contributed by atoms with Crippen molar-refractivity contribution in [3.05, 3.63) is 10.4 Å². The van der Waals surface area contributed by atoms with E-state index in [1.54, 1.807) is 11.8 Å². The molecule has 0 unspecified atom stereocenters. The maximum Gasteiger partial charge on any atom is 0.308 e. The maximum absolute atomic E-state index is 11.5. The molecule has 0 rings (SSSR count). The third-order valence-corrected chi connectivity index (χ3v) is 4.78. The number of ether oxygens (including phenoxy) is 8. The Morgan fingerprint density at radius 2 is 1.06 bits per heavy atom. The quantitative estimate of drug-likeness (QED) is 0.0503. The van der Waals surface area contributed by atoms with Crippen LogP contribution in [0.4, 0.5) is 0 Å². The molecule has 0 fully saturated rings. The van der Waals surface area contributed by atoms with E-state index in [1.165, 1.54) is 0 Å². The molecule has 0 spiro atoms. The third kappa shape index (κ3) is 30.9.